The number of fused-ring (bicyclic) bond motifs is 1. The van der Waals surface area contributed by atoms with E-state index in [1.54, 1.807) is 60.7 Å². The van der Waals surface area contributed by atoms with Crippen molar-refractivity contribution >= 4 is 26.8 Å². The van der Waals surface area contributed by atoms with Gasteiger partial charge in [-0.2, -0.15) is 0 Å². The van der Waals surface area contributed by atoms with Crippen molar-refractivity contribution < 1.29 is 17.9 Å². The number of ketones is 1. The fraction of sp³-hybridized carbons (Fsp3) is 0.0476. The maximum absolute atomic E-state index is 13.4. The van der Waals surface area contributed by atoms with E-state index in [2.05, 4.69) is 4.98 Å². The molecule has 0 unspecified atom stereocenters. The van der Waals surface area contributed by atoms with Gasteiger partial charge >= 0.3 is 0 Å². The molecule has 6 nitrogen and oxygen atoms in total. The van der Waals surface area contributed by atoms with Gasteiger partial charge in [0.1, 0.15) is 5.69 Å². The van der Waals surface area contributed by atoms with E-state index in [-0.39, 0.29) is 10.6 Å². The smallest absolute Gasteiger partial charge is 0.268 e. The van der Waals surface area contributed by atoms with Crippen LogP contribution in [0, 0.1) is 0 Å². The molecule has 2 aromatic heterocycles. The Morgan fingerprint density at radius 1 is 0.929 bits per heavy atom. The van der Waals surface area contributed by atoms with Gasteiger partial charge in [0, 0.05) is 11.6 Å². The summed E-state index contributed by atoms with van der Waals surface area (Å²) in [7, 11) is -2.54. The summed E-state index contributed by atoms with van der Waals surface area (Å²) in [6.07, 6.45) is 0. The van der Waals surface area contributed by atoms with Crippen LogP contribution in [0.3, 0.4) is 0 Å². The predicted molar refractivity (Wildman–Crippen MR) is 105 cm³/mol. The molecule has 0 aliphatic rings. The van der Waals surface area contributed by atoms with Gasteiger partial charge in [0.2, 0.25) is 11.7 Å². The summed E-state index contributed by atoms with van der Waals surface area (Å²) in [5.41, 5.74) is 1.08. The molecule has 2 heterocycles. The zero-order chi connectivity index (χ0) is 19.7. The zero-order valence-electron chi connectivity index (χ0n) is 14.9. The molecule has 0 saturated heterocycles. The third-order valence-corrected chi connectivity index (χ3v) is 6.09. The summed E-state index contributed by atoms with van der Waals surface area (Å²) < 4.78 is 32.9. The number of hydrogen-bond acceptors (Lipinski definition) is 5. The van der Waals surface area contributed by atoms with Crippen LogP contribution in [0.1, 0.15) is 16.1 Å². The molecule has 0 radical (unpaired) electrons. The molecule has 2 aromatic carbocycles. The van der Waals surface area contributed by atoms with Crippen LogP contribution in [0.25, 0.3) is 11.0 Å². The minimum Gasteiger partial charge on any atom is -0.481 e. The number of carbonyl (C=O) groups is 1. The molecule has 0 N–H and O–H groups in total. The second-order valence-corrected chi connectivity index (χ2v) is 7.85. The van der Waals surface area contributed by atoms with Gasteiger partial charge in [0.15, 0.2) is 0 Å². The largest absolute Gasteiger partial charge is 0.481 e. The van der Waals surface area contributed by atoms with Gasteiger partial charge in [-0.15, -0.1) is 0 Å². The number of aromatic nitrogens is 2. The molecule has 0 aliphatic carbocycles. The lowest BCUT2D eigenvalue weighted by molar-refractivity contribution is 0.103. The molecular weight excluding hydrogens is 376 g/mol. The number of methoxy groups -OCH3 is 1. The van der Waals surface area contributed by atoms with Crippen molar-refractivity contribution in [3.8, 4) is 5.88 Å². The van der Waals surface area contributed by atoms with Crippen LogP contribution >= 0.6 is 0 Å². The number of nitrogens with zero attached hydrogens (tertiary/aromatic N) is 2. The van der Waals surface area contributed by atoms with E-state index >= 15 is 0 Å². The summed E-state index contributed by atoms with van der Waals surface area (Å²) >= 11 is 0. The van der Waals surface area contributed by atoms with E-state index in [1.807, 2.05) is 0 Å². The average Bonchev–Trinajstić information content (AvgIpc) is 3.13. The normalized spacial score (nSPS) is 11.5. The predicted octanol–water partition coefficient (Wildman–Crippen LogP) is 3.51. The van der Waals surface area contributed by atoms with Crippen molar-refractivity contribution in [2.75, 3.05) is 7.11 Å². The first-order chi connectivity index (χ1) is 13.5. The van der Waals surface area contributed by atoms with Crippen LogP contribution in [-0.2, 0) is 10.0 Å². The van der Waals surface area contributed by atoms with Gasteiger partial charge in [-0.1, -0.05) is 48.5 Å². The molecular formula is C21H16N2O4S. The molecule has 4 aromatic rings. The van der Waals surface area contributed by atoms with Crippen molar-refractivity contribution in [1.29, 1.82) is 0 Å². The highest BCUT2D eigenvalue weighted by molar-refractivity contribution is 7.90. The lowest BCUT2D eigenvalue weighted by Crippen LogP contribution is -2.19. The van der Waals surface area contributed by atoms with Crippen molar-refractivity contribution in [2.24, 2.45) is 0 Å². The summed E-state index contributed by atoms with van der Waals surface area (Å²) in [6, 6.07) is 21.2. The summed E-state index contributed by atoms with van der Waals surface area (Å²) in [6.45, 7) is 0. The van der Waals surface area contributed by atoms with E-state index < -0.39 is 15.8 Å². The minimum absolute atomic E-state index is 0.0193. The molecule has 0 aliphatic heterocycles. The first-order valence-corrected chi connectivity index (χ1v) is 9.93. The molecule has 0 fully saturated rings. The molecule has 0 saturated carbocycles. The molecule has 4 rings (SSSR count). The number of benzene rings is 2. The van der Waals surface area contributed by atoms with Gasteiger partial charge < -0.3 is 4.74 Å². The number of carbonyl (C=O) groups excluding carboxylic acids is 1. The first kappa shape index (κ1) is 17.9. The van der Waals surface area contributed by atoms with Crippen LogP contribution in [-0.4, -0.2) is 30.3 Å². The Morgan fingerprint density at radius 2 is 1.57 bits per heavy atom. The van der Waals surface area contributed by atoms with Gasteiger partial charge in [0.25, 0.3) is 10.0 Å². The van der Waals surface area contributed by atoms with Crippen molar-refractivity contribution in [3.63, 3.8) is 0 Å². The highest BCUT2D eigenvalue weighted by Gasteiger charge is 2.27. The molecule has 0 spiro atoms. The number of ether oxygens (including phenoxy) is 1. The van der Waals surface area contributed by atoms with Crippen molar-refractivity contribution in [2.45, 2.75) is 4.90 Å². The summed E-state index contributed by atoms with van der Waals surface area (Å²) in [5, 5.41) is 0. The molecule has 0 atom stereocenters. The van der Waals surface area contributed by atoms with Gasteiger partial charge in [-0.05, 0) is 24.3 Å². The molecule has 0 bridgehead atoms. The lowest BCUT2D eigenvalue weighted by Gasteiger charge is -2.11. The number of hydrogen-bond donors (Lipinski definition) is 0. The van der Waals surface area contributed by atoms with E-state index in [4.69, 9.17) is 4.74 Å². The Kier molecular flexibility index (Phi) is 4.44. The van der Waals surface area contributed by atoms with Crippen LogP contribution < -0.4 is 4.74 Å². The molecule has 28 heavy (non-hydrogen) atoms. The Morgan fingerprint density at radius 3 is 2.21 bits per heavy atom. The Balaban J connectivity index is 2.02. The van der Waals surface area contributed by atoms with Crippen LogP contribution in [0.2, 0.25) is 0 Å². The van der Waals surface area contributed by atoms with Crippen LogP contribution in [0.5, 0.6) is 5.88 Å². The highest BCUT2D eigenvalue weighted by Crippen LogP contribution is 2.28. The van der Waals surface area contributed by atoms with Crippen molar-refractivity contribution in [1.82, 2.24) is 8.96 Å². The fourth-order valence-electron chi connectivity index (χ4n) is 3.01. The van der Waals surface area contributed by atoms with Gasteiger partial charge in [-0.25, -0.2) is 17.4 Å². The molecule has 0 amide bonds. The fourth-order valence-corrected chi connectivity index (χ4v) is 4.53. The standard InChI is InChI=1S/C21H16N2O4S/c1-27-20-13-12-18-17(22-20)14-19(21(24)15-8-4-2-5-9-15)23(18)28(25,26)16-10-6-3-7-11-16/h2-14H,1H3. The topological polar surface area (TPSA) is 78.3 Å². The second kappa shape index (κ2) is 6.94. The van der Waals surface area contributed by atoms with Gasteiger partial charge in [0.05, 0.1) is 23.0 Å². The monoisotopic (exact) mass is 392 g/mol. The first-order valence-electron chi connectivity index (χ1n) is 8.49. The second-order valence-electron chi connectivity index (χ2n) is 6.07. The van der Waals surface area contributed by atoms with Crippen LogP contribution in [0.4, 0.5) is 0 Å². The highest BCUT2D eigenvalue weighted by atomic mass is 32.2. The quantitative estimate of drug-likeness (QED) is 0.486. The Bertz CT molecular complexity index is 1260. The van der Waals surface area contributed by atoms with E-state index in [0.717, 1.165) is 3.97 Å². The Hall–Kier alpha value is -3.45. The lowest BCUT2D eigenvalue weighted by atomic mass is 10.1. The maximum Gasteiger partial charge on any atom is 0.268 e. The van der Waals surface area contributed by atoms with E-state index in [0.29, 0.717) is 22.5 Å². The third-order valence-electron chi connectivity index (χ3n) is 4.35. The summed E-state index contributed by atoms with van der Waals surface area (Å²) in [4.78, 5) is 17.5. The third kappa shape index (κ3) is 2.95. The Labute approximate surface area is 162 Å². The summed E-state index contributed by atoms with van der Waals surface area (Å²) in [5.74, 6) is -0.0717. The van der Waals surface area contributed by atoms with Crippen LogP contribution in [0.15, 0.2) is 83.8 Å². The number of rotatable bonds is 5. The SMILES string of the molecule is COc1ccc2c(cc(C(=O)c3ccccc3)n2S(=O)(=O)c2ccccc2)n1. The zero-order valence-corrected chi connectivity index (χ0v) is 15.8. The molecule has 140 valence electrons. The van der Waals surface area contributed by atoms with Crippen molar-refractivity contribution in [3.05, 3.63) is 90.1 Å². The average molecular weight is 392 g/mol. The van der Waals surface area contributed by atoms with Gasteiger partial charge in [-0.3, -0.25) is 4.79 Å². The molecule has 7 heteroatoms. The van der Waals surface area contributed by atoms with E-state index in [9.17, 15) is 13.2 Å². The number of pyridine rings is 1. The minimum atomic E-state index is -4.01. The maximum atomic E-state index is 13.4. The van der Waals surface area contributed by atoms with E-state index in [1.165, 1.54) is 25.3 Å².